The summed E-state index contributed by atoms with van der Waals surface area (Å²) in [5.41, 5.74) is 34.6. The number of furan rings is 2. The van der Waals surface area contributed by atoms with Gasteiger partial charge in [0.05, 0.1) is 5.69 Å². The first kappa shape index (κ1) is 71.9. The quantitative estimate of drug-likeness (QED) is 0.109. The highest BCUT2D eigenvalue weighted by Crippen LogP contribution is 2.53. The third kappa shape index (κ3) is 13.2. The van der Waals surface area contributed by atoms with E-state index in [0.29, 0.717) is 0 Å². The fourth-order valence-electron chi connectivity index (χ4n) is 18.5. The van der Waals surface area contributed by atoms with Gasteiger partial charge in [-0.3, -0.25) is 0 Å². The molecule has 0 bridgehead atoms. The lowest BCUT2D eigenvalue weighted by molar-refractivity contribution is 0.660. The van der Waals surface area contributed by atoms with Gasteiger partial charge in [-0.25, -0.2) is 0 Å². The number of hydrogen-bond donors (Lipinski definition) is 0. The van der Waals surface area contributed by atoms with Crippen molar-refractivity contribution in [1.29, 1.82) is 0 Å². The van der Waals surface area contributed by atoms with Crippen molar-refractivity contribution in [3.63, 3.8) is 0 Å². The number of fused-ring (bicyclic) bond motifs is 14. The van der Waals surface area contributed by atoms with Gasteiger partial charge in [0.15, 0.2) is 0 Å². The Bertz CT molecular complexity index is 7510. The van der Waals surface area contributed by atoms with Gasteiger partial charge in [-0.2, -0.15) is 0 Å². The molecule has 0 saturated carbocycles. The summed E-state index contributed by atoms with van der Waals surface area (Å²) in [6, 6.07) is 162. The first-order valence-electron chi connectivity index (χ1n) is 41.6. The van der Waals surface area contributed by atoms with E-state index in [1.165, 1.54) is 144 Å². The number of hydrogen-bond acceptors (Lipinski definition) is 4. The summed E-state index contributed by atoms with van der Waals surface area (Å²) >= 11 is 0. The highest BCUT2D eigenvalue weighted by Gasteiger charge is 2.37. The topological polar surface area (TPSA) is 32.8 Å². The Morgan fingerprint density at radius 1 is 0.190 bits per heavy atom. The Balaban J connectivity index is 0.000000151. The first-order valence-corrected chi connectivity index (χ1v) is 41.6. The molecule has 121 heavy (non-hydrogen) atoms. The molecule has 0 N–H and O–H groups in total. The van der Waals surface area contributed by atoms with Crippen LogP contribution in [0.15, 0.2) is 458 Å². The van der Waals surface area contributed by atoms with E-state index in [1.54, 1.807) is 0 Å². The zero-order valence-corrected chi connectivity index (χ0v) is 66.9. The predicted octanol–water partition coefficient (Wildman–Crippen LogP) is 33.2. The molecule has 4 nitrogen and oxygen atoms in total. The fraction of sp³-hybridized carbons (Fsp3) is 0.0256. The van der Waals surface area contributed by atoms with Crippen molar-refractivity contribution >= 4 is 110 Å². The van der Waals surface area contributed by atoms with E-state index in [4.69, 9.17) is 8.83 Å². The van der Waals surface area contributed by atoms with Gasteiger partial charge < -0.3 is 18.6 Å². The van der Waals surface area contributed by atoms with Crippen molar-refractivity contribution in [2.24, 2.45) is 0 Å². The summed E-state index contributed by atoms with van der Waals surface area (Å²) in [7, 11) is 0. The molecule has 570 valence electrons. The van der Waals surface area contributed by atoms with Gasteiger partial charge in [-0.1, -0.05) is 360 Å². The Labute approximate surface area is 703 Å². The second-order valence-corrected chi connectivity index (χ2v) is 32.2. The molecular formula is C117H80N2O2. The van der Waals surface area contributed by atoms with Gasteiger partial charge in [0.25, 0.3) is 0 Å². The second kappa shape index (κ2) is 30.1. The van der Waals surface area contributed by atoms with Crippen LogP contribution in [0.2, 0.25) is 0 Å². The highest BCUT2D eigenvalue weighted by atomic mass is 16.3. The van der Waals surface area contributed by atoms with Crippen LogP contribution in [0, 0.1) is 0 Å². The number of rotatable bonds is 14. The average Bonchev–Trinajstić information content (AvgIpc) is 1.57. The lowest BCUT2D eigenvalue weighted by Crippen LogP contribution is -2.16. The average molecular weight is 1550 g/mol. The van der Waals surface area contributed by atoms with Gasteiger partial charge >= 0.3 is 0 Å². The van der Waals surface area contributed by atoms with Crippen molar-refractivity contribution in [3.8, 4) is 100 Å². The summed E-state index contributed by atoms with van der Waals surface area (Å²) < 4.78 is 12.8. The fourth-order valence-corrected chi connectivity index (χ4v) is 18.5. The van der Waals surface area contributed by atoms with Crippen LogP contribution in [0.3, 0.4) is 0 Å². The first-order chi connectivity index (χ1) is 59.7. The van der Waals surface area contributed by atoms with E-state index in [0.717, 1.165) is 78.0 Å². The molecule has 0 unspecified atom stereocenters. The van der Waals surface area contributed by atoms with Gasteiger partial charge in [0, 0.05) is 66.2 Å². The van der Waals surface area contributed by atoms with Gasteiger partial charge in [0.2, 0.25) is 0 Å². The molecule has 0 atom stereocenters. The second-order valence-electron chi connectivity index (χ2n) is 32.2. The van der Waals surface area contributed by atoms with Crippen molar-refractivity contribution < 1.29 is 8.83 Å². The van der Waals surface area contributed by atoms with E-state index in [9.17, 15) is 0 Å². The van der Waals surface area contributed by atoms with E-state index in [2.05, 4.69) is 466 Å². The summed E-state index contributed by atoms with van der Waals surface area (Å²) in [5.74, 6) is 0. The molecular weight excluding hydrogens is 1470 g/mol. The van der Waals surface area contributed by atoms with E-state index in [1.807, 2.05) is 6.07 Å². The minimum absolute atomic E-state index is 0.240. The zero-order valence-electron chi connectivity index (χ0n) is 66.9. The van der Waals surface area contributed by atoms with Crippen molar-refractivity contribution in [2.75, 3.05) is 9.80 Å². The summed E-state index contributed by atoms with van der Waals surface area (Å²) in [6.45, 7) is 4.76. The summed E-state index contributed by atoms with van der Waals surface area (Å²) in [4.78, 5) is 4.78. The minimum atomic E-state index is -0.240. The molecule has 20 aromatic carbocycles. The van der Waals surface area contributed by atoms with Crippen LogP contribution in [0.25, 0.3) is 176 Å². The molecule has 22 aromatic rings. The monoisotopic (exact) mass is 1540 g/mol. The Morgan fingerprint density at radius 2 is 0.545 bits per heavy atom. The Hall–Kier alpha value is -15.6. The molecule has 4 heteroatoms. The van der Waals surface area contributed by atoms with Gasteiger partial charge in [0.1, 0.15) is 22.3 Å². The molecule has 2 aromatic heterocycles. The van der Waals surface area contributed by atoms with Crippen LogP contribution in [0.4, 0.5) is 34.1 Å². The van der Waals surface area contributed by atoms with Crippen LogP contribution in [0.1, 0.15) is 25.0 Å². The van der Waals surface area contributed by atoms with Crippen LogP contribution in [0.5, 0.6) is 0 Å². The normalized spacial score (nSPS) is 12.1. The molecule has 0 amide bonds. The molecule has 0 spiro atoms. The van der Waals surface area contributed by atoms with E-state index < -0.39 is 0 Å². The van der Waals surface area contributed by atoms with Crippen molar-refractivity contribution in [1.82, 2.24) is 0 Å². The highest BCUT2D eigenvalue weighted by molar-refractivity contribution is 6.21. The summed E-state index contributed by atoms with van der Waals surface area (Å²) in [5, 5.41) is 11.8. The third-order valence-electron chi connectivity index (χ3n) is 24.8. The summed E-state index contributed by atoms with van der Waals surface area (Å²) in [6.07, 6.45) is 0. The van der Waals surface area contributed by atoms with E-state index in [-0.39, 0.29) is 5.41 Å². The zero-order chi connectivity index (χ0) is 80.5. The maximum atomic E-state index is 6.39. The van der Waals surface area contributed by atoms with Crippen molar-refractivity contribution in [3.05, 3.63) is 460 Å². The predicted molar refractivity (Wildman–Crippen MR) is 510 cm³/mol. The van der Waals surface area contributed by atoms with Crippen LogP contribution in [-0.2, 0) is 5.41 Å². The number of nitrogens with zero attached hydrogens (tertiary/aromatic N) is 2. The molecule has 0 radical (unpaired) electrons. The number of anilines is 6. The molecule has 0 aliphatic heterocycles. The smallest absolute Gasteiger partial charge is 0.143 e. The largest absolute Gasteiger partial charge is 0.456 e. The number of para-hydroxylation sites is 1. The molecule has 0 saturated heterocycles. The number of benzene rings is 20. The molecule has 0 fully saturated rings. The lowest BCUT2D eigenvalue weighted by Gasteiger charge is -2.28. The van der Waals surface area contributed by atoms with Gasteiger partial charge in [-0.15, -0.1) is 0 Å². The van der Waals surface area contributed by atoms with Crippen LogP contribution < -0.4 is 9.80 Å². The van der Waals surface area contributed by atoms with Crippen molar-refractivity contribution in [2.45, 2.75) is 19.3 Å². The maximum absolute atomic E-state index is 6.39. The van der Waals surface area contributed by atoms with Crippen LogP contribution in [-0.4, -0.2) is 0 Å². The Kier molecular flexibility index (Phi) is 17.9. The molecule has 1 aliphatic rings. The molecule has 2 heterocycles. The molecule has 23 rings (SSSR count). The minimum Gasteiger partial charge on any atom is -0.456 e. The lowest BCUT2D eigenvalue weighted by atomic mass is 9.81. The standard InChI is InChI=1S/C67H47NO.C50H33NO/c1-67(2)62-42-54(53-31-39-64-61(41-53)66-58-16-10-9-15-52(58)30-40-65(66)69-64)29-37-59(62)60-38-36-57(43-63(60)67)68(55-32-25-50(26-33-55)48-21-17-46(18-22-48)44-11-5-3-6-12-44)56-34-27-51(28-35-56)49-23-19-47(20-24-49)45-13-7-4-8-14-45;1-2-11-34(12-3-1)35-21-23-36(24-22-35)37-25-29-40(30-26-37)51(48-19-10-14-38-13-4-5-15-42(38)48)41-31-27-39(28-32-41)46-33-47-44-17-8-9-20-49(44)52-50(47)45-18-7-6-16-43(45)46/h3-43H,1-2H3;1-33H. The maximum Gasteiger partial charge on any atom is 0.143 e. The third-order valence-corrected chi connectivity index (χ3v) is 24.8. The van der Waals surface area contributed by atoms with Crippen LogP contribution >= 0.6 is 0 Å². The Morgan fingerprint density at radius 3 is 1.07 bits per heavy atom. The SMILES string of the molecule is CC1(C)c2cc(-c3ccc4oc5ccc6ccccc6c5c4c3)ccc2-c2ccc(N(c3ccc(-c4ccc(-c5ccccc5)cc4)cc3)c3ccc(-c4ccc(-c5ccccc5)cc4)cc3)cc21.c1ccc(-c2ccc(-c3ccc(N(c4ccc(-c5cc6c7ccccc7oc6c6ccccc56)cc4)c4cccc5ccccc45)cc3)cc2)cc1. The molecule has 1 aliphatic carbocycles. The van der Waals surface area contributed by atoms with Gasteiger partial charge in [-0.05, 0) is 236 Å². The van der Waals surface area contributed by atoms with E-state index >= 15 is 0 Å².